The molecule has 5 aromatic rings. The lowest BCUT2D eigenvalue weighted by Gasteiger charge is -2.14. The molecule has 0 atom stereocenters. The summed E-state index contributed by atoms with van der Waals surface area (Å²) < 4.78 is 39.9. The van der Waals surface area contributed by atoms with Gasteiger partial charge in [0.2, 0.25) is 0 Å². The third-order valence-electron chi connectivity index (χ3n) is 5.50. The number of hydrogen-bond acceptors (Lipinski definition) is 2. The van der Waals surface area contributed by atoms with Crippen molar-refractivity contribution < 1.29 is 13.2 Å². The molecule has 0 radical (unpaired) electrons. The molecule has 0 saturated carbocycles. The summed E-state index contributed by atoms with van der Waals surface area (Å²) in [4.78, 5) is 20.3. The Balaban J connectivity index is 1.83. The van der Waals surface area contributed by atoms with Gasteiger partial charge in [-0.1, -0.05) is 72.8 Å². The molecule has 1 N–H and O–H groups in total. The smallest absolute Gasteiger partial charge is 0.328 e. The highest BCUT2D eigenvalue weighted by Gasteiger charge is 2.30. The van der Waals surface area contributed by atoms with Gasteiger partial charge in [-0.05, 0) is 29.3 Å². The second-order valence-corrected chi connectivity index (χ2v) is 7.62. The number of pyridine rings is 2. The first-order valence-electron chi connectivity index (χ1n) is 10.3. The molecule has 0 spiro atoms. The lowest BCUT2D eigenvalue weighted by Crippen LogP contribution is -2.09. The minimum Gasteiger partial charge on any atom is -0.328 e. The van der Waals surface area contributed by atoms with Crippen LogP contribution in [0.25, 0.3) is 44.4 Å². The van der Waals surface area contributed by atoms with Crippen LogP contribution in [0.4, 0.5) is 13.2 Å². The minimum absolute atomic E-state index is 0.309. The number of nitrogens with zero attached hydrogens (tertiary/aromatic N) is 1. The number of H-pyrrole nitrogens is 1. The predicted molar refractivity (Wildman–Crippen MR) is 124 cm³/mol. The molecule has 0 aliphatic heterocycles. The molecule has 162 valence electrons. The van der Waals surface area contributed by atoms with Crippen LogP contribution in [0.3, 0.4) is 0 Å². The highest BCUT2D eigenvalue weighted by molar-refractivity contribution is 5.98. The zero-order valence-corrected chi connectivity index (χ0v) is 17.2. The maximum atomic E-state index is 13.3. The van der Waals surface area contributed by atoms with Gasteiger partial charge in [-0.3, -0.25) is 4.79 Å². The summed E-state index contributed by atoms with van der Waals surface area (Å²) in [6.45, 7) is 0. The highest BCUT2D eigenvalue weighted by Crippen LogP contribution is 2.37. The van der Waals surface area contributed by atoms with Crippen molar-refractivity contribution in [2.75, 3.05) is 0 Å². The highest BCUT2D eigenvalue weighted by atomic mass is 19.4. The van der Waals surface area contributed by atoms with Crippen molar-refractivity contribution in [3.8, 4) is 33.5 Å². The number of aromatic nitrogens is 2. The molecular weight excluding hydrogens is 425 g/mol. The standard InChI is InChI=1S/C27H17F3N2O/c28-27(29,30)20-13-7-12-19(14-20)23-16-31-26(33)22-15-21(17-8-3-1-4-9-17)24(32-25(22)23)18-10-5-2-6-11-18/h1-16H,(H,31,33). The lowest BCUT2D eigenvalue weighted by atomic mass is 9.96. The van der Waals surface area contributed by atoms with Crippen LogP contribution in [-0.2, 0) is 6.18 Å². The molecule has 0 fully saturated rings. The third kappa shape index (κ3) is 3.91. The number of aromatic amines is 1. The zero-order valence-electron chi connectivity index (χ0n) is 17.2. The first-order chi connectivity index (χ1) is 15.9. The number of nitrogens with one attached hydrogen (secondary N) is 1. The maximum absolute atomic E-state index is 13.3. The van der Waals surface area contributed by atoms with Gasteiger partial charge >= 0.3 is 6.18 Å². The van der Waals surface area contributed by atoms with Gasteiger partial charge in [0, 0.05) is 22.9 Å². The molecule has 0 amide bonds. The van der Waals surface area contributed by atoms with E-state index in [-0.39, 0.29) is 5.56 Å². The van der Waals surface area contributed by atoms with Crippen LogP contribution in [0.1, 0.15) is 5.56 Å². The van der Waals surface area contributed by atoms with Gasteiger partial charge in [-0.25, -0.2) is 4.98 Å². The van der Waals surface area contributed by atoms with E-state index in [9.17, 15) is 18.0 Å². The molecule has 2 aromatic heterocycles. The molecule has 3 nitrogen and oxygen atoms in total. The second-order valence-electron chi connectivity index (χ2n) is 7.62. The van der Waals surface area contributed by atoms with Gasteiger partial charge in [0.25, 0.3) is 5.56 Å². The van der Waals surface area contributed by atoms with Crippen molar-refractivity contribution in [3.63, 3.8) is 0 Å². The largest absolute Gasteiger partial charge is 0.416 e. The summed E-state index contributed by atoms with van der Waals surface area (Å²) in [5.74, 6) is 0. The predicted octanol–water partition coefficient (Wildman–Crippen LogP) is 6.94. The van der Waals surface area contributed by atoms with E-state index in [0.717, 1.165) is 28.8 Å². The fraction of sp³-hybridized carbons (Fsp3) is 0.0370. The Labute approximate surface area is 187 Å². The summed E-state index contributed by atoms with van der Waals surface area (Å²) in [5, 5.41) is 0.309. The Kier molecular flexibility index (Phi) is 5.05. The van der Waals surface area contributed by atoms with Crippen LogP contribution < -0.4 is 5.56 Å². The molecule has 0 aliphatic rings. The number of hydrogen-bond donors (Lipinski definition) is 1. The zero-order chi connectivity index (χ0) is 23.0. The summed E-state index contributed by atoms with van der Waals surface area (Å²) in [7, 11) is 0. The average Bonchev–Trinajstić information content (AvgIpc) is 2.84. The second kappa shape index (κ2) is 8.06. The normalized spacial score (nSPS) is 11.6. The van der Waals surface area contributed by atoms with E-state index < -0.39 is 11.7 Å². The summed E-state index contributed by atoms with van der Waals surface area (Å²) in [5.41, 5.74) is 3.11. The minimum atomic E-state index is -4.48. The number of halogens is 3. The van der Waals surface area contributed by atoms with Gasteiger partial charge in [-0.2, -0.15) is 13.2 Å². The van der Waals surface area contributed by atoms with Crippen LogP contribution in [-0.4, -0.2) is 9.97 Å². The van der Waals surface area contributed by atoms with E-state index in [0.29, 0.717) is 27.7 Å². The summed E-state index contributed by atoms with van der Waals surface area (Å²) in [6, 6.07) is 25.9. The van der Waals surface area contributed by atoms with E-state index >= 15 is 0 Å². The van der Waals surface area contributed by atoms with Crippen molar-refractivity contribution in [2.24, 2.45) is 0 Å². The Morgan fingerprint density at radius 1 is 0.697 bits per heavy atom. The monoisotopic (exact) mass is 442 g/mol. The van der Waals surface area contributed by atoms with Crippen molar-refractivity contribution >= 4 is 10.9 Å². The van der Waals surface area contributed by atoms with Crippen LogP contribution in [0.5, 0.6) is 0 Å². The molecule has 2 heterocycles. The van der Waals surface area contributed by atoms with Crippen LogP contribution in [0.2, 0.25) is 0 Å². The first kappa shape index (κ1) is 20.7. The van der Waals surface area contributed by atoms with Crippen molar-refractivity contribution in [1.29, 1.82) is 0 Å². The van der Waals surface area contributed by atoms with E-state index in [1.807, 2.05) is 60.7 Å². The van der Waals surface area contributed by atoms with E-state index in [1.165, 1.54) is 12.3 Å². The molecule has 0 aliphatic carbocycles. The molecule has 0 unspecified atom stereocenters. The van der Waals surface area contributed by atoms with Crippen LogP contribution in [0, 0.1) is 0 Å². The molecule has 33 heavy (non-hydrogen) atoms. The van der Waals surface area contributed by atoms with Gasteiger partial charge in [0.05, 0.1) is 22.2 Å². The SMILES string of the molecule is O=c1[nH]cc(-c2cccc(C(F)(F)F)c2)c2nc(-c3ccccc3)c(-c3ccccc3)cc12. The Hall–Kier alpha value is -4.19. The average molecular weight is 442 g/mol. The number of alkyl halides is 3. The van der Waals surface area contributed by atoms with Gasteiger partial charge < -0.3 is 4.98 Å². The van der Waals surface area contributed by atoms with E-state index in [4.69, 9.17) is 4.98 Å². The molecule has 3 aromatic carbocycles. The van der Waals surface area contributed by atoms with E-state index in [2.05, 4.69) is 4.98 Å². The van der Waals surface area contributed by atoms with Gasteiger partial charge in [-0.15, -0.1) is 0 Å². The summed E-state index contributed by atoms with van der Waals surface area (Å²) in [6.07, 6.45) is -3.05. The molecule has 5 rings (SSSR count). The summed E-state index contributed by atoms with van der Waals surface area (Å²) >= 11 is 0. The Morgan fingerprint density at radius 2 is 1.33 bits per heavy atom. The fourth-order valence-electron chi connectivity index (χ4n) is 3.91. The number of fused-ring (bicyclic) bond motifs is 1. The van der Waals surface area contributed by atoms with Crippen molar-refractivity contribution in [3.05, 3.63) is 113 Å². The van der Waals surface area contributed by atoms with Crippen LogP contribution in [0.15, 0.2) is 102 Å². The maximum Gasteiger partial charge on any atom is 0.416 e. The third-order valence-corrected chi connectivity index (χ3v) is 5.50. The van der Waals surface area contributed by atoms with Crippen LogP contribution >= 0.6 is 0 Å². The molecule has 6 heteroatoms. The van der Waals surface area contributed by atoms with Gasteiger partial charge in [0.15, 0.2) is 0 Å². The number of benzene rings is 3. The fourth-order valence-corrected chi connectivity index (χ4v) is 3.91. The first-order valence-corrected chi connectivity index (χ1v) is 10.3. The molecule has 0 saturated heterocycles. The number of rotatable bonds is 3. The molecular formula is C27H17F3N2O. The van der Waals surface area contributed by atoms with Crippen molar-refractivity contribution in [1.82, 2.24) is 9.97 Å². The van der Waals surface area contributed by atoms with Crippen molar-refractivity contribution in [2.45, 2.75) is 6.18 Å². The Bertz CT molecular complexity index is 1510. The van der Waals surface area contributed by atoms with Gasteiger partial charge in [0.1, 0.15) is 0 Å². The van der Waals surface area contributed by atoms with E-state index in [1.54, 1.807) is 12.1 Å². The quantitative estimate of drug-likeness (QED) is 0.329. The topological polar surface area (TPSA) is 45.8 Å². The molecule has 0 bridgehead atoms. The Morgan fingerprint density at radius 3 is 2.00 bits per heavy atom. The lowest BCUT2D eigenvalue weighted by molar-refractivity contribution is -0.137.